The van der Waals surface area contributed by atoms with E-state index in [-0.39, 0.29) is 24.0 Å². The molecule has 1 aliphatic rings. The van der Waals surface area contributed by atoms with E-state index >= 15 is 0 Å². The second-order valence-corrected chi connectivity index (χ2v) is 7.85. The van der Waals surface area contributed by atoms with Crippen molar-refractivity contribution in [3.8, 4) is 0 Å². The van der Waals surface area contributed by atoms with Crippen LogP contribution in [-0.4, -0.2) is 37.3 Å². The van der Waals surface area contributed by atoms with Gasteiger partial charge >= 0.3 is 0 Å². The molecule has 2 aromatic heterocycles. The summed E-state index contributed by atoms with van der Waals surface area (Å²) >= 11 is 0. The number of aromatic nitrogens is 4. The van der Waals surface area contributed by atoms with E-state index in [4.69, 9.17) is 15.2 Å². The van der Waals surface area contributed by atoms with Gasteiger partial charge in [0.25, 0.3) is 0 Å². The number of nitrogens with two attached hydrogens (primary N) is 1. The summed E-state index contributed by atoms with van der Waals surface area (Å²) in [5.74, 6) is 0.926. The number of nitrogens with zero attached hydrogens (tertiary/aromatic N) is 4. The van der Waals surface area contributed by atoms with Crippen molar-refractivity contribution in [2.45, 2.75) is 71.5 Å². The highest BCUT2D eigenvalue weighted by atomic mass is 16.6. The fourth-order valence-corrected chi connectivity index (χ4v) is 3.21. The van der Waals surface area contributed by atoms with Crippen molar-refractivity contribution < 1.29 is 9.47 Å². The molecule has 0 radical (unpaired) electrons. The summed E-state index contributed by atoms with van der Waals surface area (Å²) in [6, 6.07) is 0. The standard InChI is InChI=1S/C17H27N5O2/c1-10(2)6-11-12(24-17(3,4)5)7-13(23-11)22-9-21-14-15(18)19-8-20-16(14)22/h8-13H,6-7H2,1-5H3,(H2,18,19,20)/t11-,12?,13-/m1/s1. The Morgan fingerprint density at radius 1 is 1.33 bits per heavy atom. The van der Waals surface area contributed by atoms with Crippen molar-refractivity contribution in [3.05, 3.63) is 12.7 Å². The molecule has 0 spiro atoms. The van der Waals surface area contributed by atoms with E-state index in [1.807, 2.05) is 4.57 Å². The zero-order valence-corrected chi connectivity index (χ0v) is 15.1. The number of hydrogen-bond acceptors (Lipinski definition) is 6. The van der Waals surface area contributed by atoms with Crippen LogP contribution in [0, 0.1) is 5.92 Å². The fourth-order valence-electron chi connectivity index (χ4n) is 3.21. The number of rotatable bonds is 4. The maximum atomic E-state index is 6.32. The Morgan fingerprint density at radius 3 is 2.75 bits per heavy atom. The molecule has 3 heterocycles. The lowest BCUT2D eigenvalue weighted by Crippen LogP contribution is -2.33. The second kappa shape index (κ2) is 6.29. The summed E-state index contributed by atoms with van der Waals surface area (Å²) in [6.45, 7) is 10.6. The average Bonchev–Trinajstić information content (AvgIpc) is 3.02. The van der Waals surface area contributed by atoms with Gasteiger partial charge in [-0.05, 0) is 33.1 Å². The van der Waals surface area contributed by atoms with E-state index in [0.717, 1.165) is 12.8 Å². The van der Waals surface area contributed by atoms with Crippen molar-refractivity contribution in [2.75, 3.05) is 5.73 Å². The first kappa shape index (κ1) is 17.1. The lowest BCUT2D eigenvalue weighted by molar-refractivity contribution is -0.0976. The van der Waals surface area contributed by atoms with Crippen molar-refractivity contribution in [3.63, 3.8) is 0 Å². The maximum Gasteiger partial charge on any atom is 0.167 e. The maximum absolute atomic E-state index is 6.32. The van der Waals surface area contributed by atoms with Crippen molar-refractivity contribution in [2.24, 2.45) is 5.92 Å². The normalized spacial score (nSPS) is 25.0. The molecule has 0 aliphatic carbocycles. The lowest BCUT2D eigenvalue weighted by atomic mass is 10.0. The van der Waals surface area contributed by atoms with E-state index in [1.165, 1.54) is 6.33 Å². The molecule has 0 bridgehead atoms. The van der Waals surface area contributed by atoms with E-state index in [0.29, 0.717) is 22.9 Å². The predicted molar refractivity (Wildman–Crippen MR) is 92.3 cm³/mol. The van der Waals surface area contributed by atoms with Gasteiger partial charge in [-0.25, -0.2) is 15.0 Å². The van der Waals surface area contributed by atoms with Crippen LogP contribution in [0.1, 0.15) is 53.7 Å². The summed E-state index contributed by atoms with van der Waals surface area (Å²) in [5.41, 5.74) is 6.99. The minimum absolute atomic E-state index is 0.0500. The third-order valence-electron chi connectivity index (χ3n) is 4.09. The number of nitrogen functional groups attached to an aromatic ring is 1. The van der Waals surface area contributed by atoms with Crippen LogP contribution < -0.4 is 5.73 Å². The van der Waals surface area contributed by atoms with E-state index in [2.05, 4.69) is 49.6 Å². The molecular weight excluding hydrogens is 306 g/mol. The Balaban J connectivity index is 1.87. The molecule has 1 unspecified atom stereocenters. The fraction of sp³-hybridized carbons (Fsp3) is 0.706. The molecule has 2 aromatic rings. The molecule has 0 aromatic carbocycles. The molecule has 1 saturated heterocycles. The first-order chi connectivity index (χ1) is 11.2. The van der Waals surface area contributed by atoms with Crippen LogP contribution in [0.4, 0.5) is 5.82 Å². The molecule has 3 atom stereocenters. The second-order valence-electron chi connectivity index (χ2n) is 7.85. The van der Waals surface area contributed by atoms with Crippen LogP contribution in [0.3, 0.4) is 0 Å². The minimum Gasteiger partial charge on any atom is -0.382 e. The Bertz CT molecular complexity index is 707. The van der Waals surface area contributed by atoms with Gasteiger partial charge in [-0.2, -0.15) is 0 Å². The van der Waals surface area contributed by atoms with Gasteiger partial charge in [-0.15, -0.1) is 0 Å². The molecule has 0 saturated carbocycles. The van der Waals surface area contributed by atoms with Crippen molar-refractivity contribution in [1.29, 1.82) is 0 Å². The molecule has 7 heteroatoms. The molecule has 132 valence electrons. The third-order valence-corrected chi connectivity index (χ3v) is 4.09. The van der Waals surface area contributed by atoms with Gasteiger partial charge < -0.3 is 15.2 Å². The number of fused-ring (bicyclic) bond motifs is 1. The van der Waals surface area contributed by atoms with Gasteiger partial charge in [-0.3, -0.25) is 4.57 Å². The molecule has 24 heavy (non-hydrogen) atoms. The molecular formula is C17H27N5O2. The van der Waals surface area contributed by atoms with Gasteiger partial charge in [0.1, 0.15) is 18.1 Å². The summed E-state index contributed by atoms with van der Waals surface area (Å²) < 4.78 is 14.5. The highest BCUT2D eigenvalue weighted by Gasteiger charge is 2.39. The summed E-state index contributed by atoms with van der Waals surface area (Å²) in [4.78, 5) is 12.7. The Kier molecular flexibility index (Phi) is 4.48. The summed E-state index contributed by atoms with van der Waals surface area (Å²) in [5, 5.41) is 0. The topological polar surface area (TPSA) is 88.1 Å². The minimum atomic E-state index is -0.207. The van der Waals surface area contributed by atoms with Gasteiger partial charge in [0, 0.05) is 6.42 Å². The zero-order valence-electron chi connectivity index (χ0n) is 15.1. The smallest absolute Gasteiger partial charge is 0.167 e. The highest BCUT2D eigenvalue weighted by Crippen LogP contribution is 2.37. The summed E-state index contributed by atoms with van der Waals surface area (Å²) in [6.07, 6.45) is 4.87. The highest BCUT2D eigenvalue weighted by molar-refractivity contribution is 5.81. The summed E-state index contributed by atoms with van der Waals surface area (Å²) in [7, 11) is 0. The lowest BCUT2D eigenvalue weighted by Gasteiger charge is -2.28. The Morgan fingerprint density at radius 2 is 2.08 bits per heavy atom. The van der Waals surface area contributed by atoms with Crippen LogP contribution >= 0.6 is 0 Å². The molecule has 7 nitrogen and oxygen atoms in total. The van der Waals surface area contributed by atoms with E-state index in [1.54, 1.807) is 6.33 Å². The van der Waals surface area contributed by atoms with E-state index < -0.39 is 0 Å². The van der Waals surface area contributed by atoms with Crippen molar-refractivity contribution in [1.82, 2.24) is 19.5 Å². The van der Waals surface area contributed by atoms with Gasteiger partial charge in [0.05, 0.1) is 24.1 Å². The SMILES string of the molecule is CC(C)C[C@H]1O[C@@H](n2cnc3c(N)ncnc32)CC1OC(C)(C)C. The van der Waals surface area contributed by atoms with Crippen LogP contribution in [-0.2, 0) is 9.47 Å². The van der Waals surface area contributed by atoms with Gasteiger partial charge in [-0.1, -0.05) is 13.8 Å². The van der Waals surface area contributed by atoms with E-state index in [9.17, 15) is 0 Å². The number of hydrogen-bond donors (Lipinski definition) is 1. The molecule has 2 N–H and O–H groups in total. The predicted octanol–water partition coefficient (Wildman–Crippen LogP) is 2.93. The quantitative estimate of drug-likeness (QED) is 0.925. The van der Waals surface area contributed by atoms with Gasteiger partial charge in [0.15, 0.2) is 11.5 Å². The molecule has 1 aliphatic heterocycles. The van der Waals surface area contributed by atoms with Crippen LogP contribution in [0.2, 0.25) is 0 Å². The van der Waals surface area contributed by atoms with Crippen LogP contribution in [0.5, 0.6) is 0 Å². The zero-order chi connectivity index (χ0) is 17.5. The first-order valence-electron chi connectivity index (χ1n) is 8.51. The Labute approximate surface area is 142 Å². The number of ether oxygens (including phenoxy) is 2. The third kappa shape index (κ3) is 3.52. The largest absolute Gasteiger partial charge is 0.382 e. The molecule has 0 amide bonds. The monoisotopic (exact) mass is 333 g/mol. The van der Waals surface area contributed by atoms with Crippen molar-refractivity contribution >= 4 is 17.0 Å². The Hall–Kier alpha value is -1.73. The molecule has 1 fully saturated rings. The first-order valence-corrected chi connectivity index (χ1v) is 8.51. The number of imidazole rings is 1. The molecule has 3 rings (SSSR count). The van der Waals surface area contributed by atoms with Gasteiger partial charge in [0.2, 0.25) is 0 Å². The van der Waals surface area contributed by atoms with Crippen LogP contribution in [0.15, 0.2) is 12.7 Å². The van der Waals surface area contributed by atoms with Crippen LogP contribution in [0.25, 0.3) is 11.2 Å². The average molecular weight is 333 g/mol. The number of anilines is 1.